The Morgan fingerprint density at radius 2 is 2.00 bits per heavy atom. The molecule has 0 unspecified atom stereocenters. The zero-order valence-electron chi connectivity index (χ0n) is 11.5. The van der Waals surface area contributed by atoms with Gasteiger partial charge < -0.3 is 20.5 Å². The topological polar surface area (TPSA) is 70.6 Å². The lowest BCUT2D eigenvalue weighted by Gasteiger charge is -2.31. The monoisotopic (exact) mass is 258 g/mol. The number of ether oxygens (including phenoxy) is 1. The number of carbonyl (C=O) groups excluding carboxylic acids is 1. The summed E-state index contributed by atoms with van der Waals surface area (Å²) in [4.78, 5) is 11.8. The Morgan fingerprint density at radius 3 is 2.50 bits per heavy atom. The summed E-state index contributed by atoms with van der Waals surface area (Å²) in [7, 11) is 0. The fraction of sp³-hybridized carbons (Fsp3) is 0.923. The highest BCUT2D eigenvalue weighted by Gasteiger charge is 2.27. The normalized spacial score (nSPS) is 17.7. The second kappa shape index (κ2) is 7.71. The van der Waals surface area contributed by atoms with Crippen molar-refractivity contribution in [1.29, 1.82) is 0 Å². The van der Waals surface area contributed by atoms with Gasteiger partial charge in [0.15, 0.2) is 0 Å². The highest BCUT2D eigenvalue weighted by molar-refractivity contribution is 5.78. The van der Waals surface area contributed by atoms with Crippen LogP contribution >= 0.6 is 0 Å². The first-order valence-electron chi connectivity index (χ1n) is 6.90. The molecule has 0 aromatic rings. The molecule has 0 radical (unpaired) electrons. The summed E-state index contributed by atoms with van der Waals surface area (Å²) in [6, 6.07) is 0. The molecule has 5 nitrogen and oxygen atoms in total. The molecule has 0 saturated carbocycles. The van der Waals surface area contributed by atoms with Crippen LogP contribution in [0.2, 0.25) is 0 Å². The Hall–Kier alpha value is -0.650. The van der Waals surface area contributed by atoms with E-state index < -0.39 is 5.54 Å². The summed E-state index contributed by atoms with van der Waals surface area (Å²) < 4.78 is 5.59. The molecule has 0 aliphatic carbocycles. The van der Waals surface area contributed by atoms with Crippen LogP contribution in [-0.2, 0) is 9.53 Å². The zero-order valence-corrected chi connectivity index (χ0v) is 11.5. The van der Waals surface area contributed by atoms with Gasteiger partial charge in [0.25, 0.3) is 0 Å². The van der Waals surface area contributed by atoms with Gasteiger partial charge in [0.05, 0.1) is 18.2 Å². The average molecular weight is 258 g/mol. The smallest absolute Gasteiger partial charge is 0.246 e. The molecule has 0 aromatic carbocycles. The van der Waals surface area contributed by atoms with Gasteiger partial charge in [0.1, 0.15) is 6.61 Å². The number of amides is 1. The van der Waals surface area contributed by atoms with Crippen molar-refractivity contribution < 1.29 is 14.6 Å². The van der Waals surface area contributed by atoms with Gasteiger partial charge in [0.2, 0.25) is 5.91 Å². The fourth-order valence-electron chi connectivity index (χ4n) is 2.18. The van der Waals surface area contributed by atoms with E-state index in [9.17, 15) is 9.90 Å². The van der Waals surface area contributed by atoms with E-state index in [1.54, 1.807) is 0 Å². The molecular weight excluding hydrogens is 232 g/mol. The molecular formula is C13H26N2O3. The van der Waals surface area contributed by atoms with E-state index in [0.29, 0.717) is 0 Å². The maximum absolute atomic E-state index is 11.8. The van der Waals surface area contributed by atoms with Crippen LogP contribution in [-0.4, -0.2) is 49.0 Å². The number of aliphatic hydroxyl groups is 1. The molecule has 3 N–H and O–H groups in total. The summed E-state index contributed by atoms with van der Waals surface area (Å²) in [6.45, 7) is 5.90. The molecule has 0 spiro atoms. The van der Waals surface area contributed by atoms with Gasteiger partial charge in [0, 0.05) is 0 Å². The summed E-state index contributed by atoms with van der Waals surface area (Å²) >= 11 is 0. The second-order valence-corrected chi connectivity index (χ2v) is 4.95. The highest BCUT2D eigenvalue weighted by atomic mass is 16.5. The predicted octanol–water partition coefficient (Wildman–Crippen LogP) is 0.422. The van der Waals surface area contributed by atoms with E-state index >= 15 is 0 Å². The largest absolute Gasteiger partial charge is 0.394 e. The molecule has 0 atom stereocenters. The minimum absolute atomic E-state index is 0.0287. The first-order valence-corrected chi connectivity index (χ1v) is 6.90. The molecule has 106 valence electrons. The van der Waals surface area contributed by atoms with Crippen LogP contribution in [0.1, 0.15) is 39.5 Å². The third-order valence-electron chi connectivity index (χ3n) is 3.80. The van der Waals surface area contributed by atoms with Crippen LogP contribution in [0.3, 0.4) is 0 Å². The van der Waals surface area contributed by atoms with Gasteiger partial charge >= 0.3 is 0 Å². The quantitative estimate of drug-likeness (QED) is 0.619. The molecule has 1 amide bonds. The first kappa shape index (κ1) is 15.4. The Bertz CT molecular complexity index is 240. The van der Waals surface area contributed by atoms with Crippen LogP contribution in [0.25, 0.3) is 0 Å². The summed E-state index contributed by atoms with van der Waals surface area (Å²) in [5.74, 6) is -0.133. The van der Waals surface area contributed by atoms with Crippen molar-refractivity contribution in [2.24, 2.45) is 0 Å². The van der Waals surface area contributed by atoms with Gasteiger partial charge in [-0.1, -0.05) is 13.8 Å². The fourth-order valence-corrected chi connectivity index (χ4v) is 2.18. The Labute approximate surface area is 109 Å². The maximum atomic E-state index is 11.8. The van der Waals surface area contributed by atoms with E-state index in [4.69, 9.17) is 4.74 Å². The molecule has 0 bridgehead atoms. The third kappa shape index (κ3) is 4.55. The van der Waals surface area contributed by atoms with E-state index in [2.05, 4.69) is 10.6 Å². The molecule has 1 rings (SSSR count). The van der Waals surface area contributed by atoms with Crippen LogP contribution in [0, 0.1) is 0 Å². The standard InChI is InChI=1S/C13H26N2O3/c1-3-13(4-2,10-16)15-12(17)9-18-11-5-7-14-8-6-11/h11,14,16H,3-10H2,1-2H3,(H,15,17). The average Bonchev–Trinajstić information content (AvgIpc) is 2.44. The molecule has 0 aromatic heterocycles. The third-order valence-corrected chi connectivity index (χ3v) is 3.80. The zero-order chi connectivity index (χ0) is 13.4. The van der Waals surface area contributed by atoms with Gasteiger partial charge in [-0.15, -0.1) is 0 Å². The number of hydrogen-bond donors (Lipinski definition) is 3. The van der Waals surface area contributed by atoms with Crippen molar-refractivity contribution in [3.63, 3.8) is 0 Å². The number of nitrogens with one attached hydrogen (secondary N) is 2. The van der Waals surface area contributed by atoms with Crippen molar-refractivity contribution in [1.82, 2.24) is 10.6 Å². The SMILES string of the molecule is CCC(CC)(CO)NC(=O)COC1CCNCC1. The van der Waals surface area contributed by atoms with Crippen molar-refractivity contribution >= 4 is 5.91 Å². The lowest BCUT2D eigenvalue weighted by atomic mass is 9.94. The lowest BCUT2D eigenvalue weighted by molar-refractivity contribution is -0.131. The van der Waals surface area contributed by atoms with E-state index in [1.807, 2.05) is 13.8 Å². The highest BCUT2D eigenvalue weighted by Crippen LogP contribution is 2.14. The van der Waals surface area contributed by atoms with E-state index in [-0.39, 0.29) is 25.2 Å². The van der Waals surface area contributed by atoms with Crippen molar-refractivity contribution in [2.75, 3.05) is 26.3 Å². The number of aliphatic hydroxyl groups excluding tert-OH is 1. The van der Waals surface area contributed by atoms with Crippen molar-refractivity contribution in [2.45, 2.75) is 51.2 Å². The van der Waals surface area contributed by atoms with Crippen LogP contribution < -0.4 is 10.6 Å². The second-order valence-electron chi connectivity index (χ2n) is 4.95. The summed E-state index contributed by atoms with van der Waals surface area (Å²) in [5, 5.41) is 15.5. The molecule has 18 heavy (non-hydrogen) atoms. The molecule has 1 saturated heterocycles. The Kier molecular flexibility index (Phi) is 6.60. The first-order chi connectivity index (χ1) is 8.65. The number of rotatable bonds is 7. The Morgan fingerprint density at radius 1 is 1.39 bits per heavy atom. The van der Waals surface area contributed by atoms with Crippen LogP contribution in [0.4, 0.5) is 0 Å². The van der Waals surface area contributed by atoms with Crippen LogP contribution in [0.15, 0.2) is 0 Å². The predicted molar refractivity (Wildman–Crippen MR) is 70.4 cm³/mol. The number of carbonyl (C=O) groups is 1. The minimum Gasteiger partial charge on any atom is -0.394 e. The minimum atomic E-state index is -0.492. The maximum Gasteiger partial charge on any atom is 0.246 e. The van der Waals surface area contributed by atoms with Crippen molar-refractivity contribution in [3.8, 4) is 0 Å². The van der Waals surface area contributed by atoms with Gasteiger partial charge in [-0.3, -0.25) is 4.79 Å². The van der Waals surface area contributed by atoms with Crippen LogP contribution in [0.5, 0.6) is 0 Å². The van der Waals surface area contributed by atoms with E-state index in [1.165, 1.54) is 0 Å². The van der Waals surface area contributed by atoms with Gasteiger partial charge in [-0.05, 0) is 38.8 Å². The molecule has 5 heteroatoms. The summed E-state index contributed by atoms with van der Waals surface area (Å²) in [5.41, 5.74) is -0.492. The lowest BCUT2D eigenvalue weighted by Crippen LogP contribution is -2.52. The van der Waals surface area contributed by atoms with Gasteiger partial charge in [-0.2, -0.15) is 0 Å². The molecule has 1 fully saturated rings. The number of hydrogen-bond acceptors (Lipinski definition) is 4. The molecule has 1 aliphatic rings. The molecule has 1 aliphatic heterocycles. The molecule has 1 heterocycles. The Balaban J connectivity index is 2.31. The summed E-state index contributed by atoms with van der Waals surface area (Å²) in [6.07, 6.45) is 3.54. The van der Waals surface area contributed by atoms with E-state index in [0.717, 1.165) is 38.8 Å². The van der Waals surface area contributed by atoms with Crippen molar-refractivity contribution in [3.05, 3.63) is 0 Å². The number of piperidine rings is 1. The van der Waals surface area contributed by atoms with Gasteiger partial charge in [-0.25, -0.2) is 0 Å².